The monoisotopic (exact) mass is 529 g/mol. The molecule has 0 spiro atoms. The van der Waals surface area contributed by atoms with Gasteiger partial charge in [-0.25, -0.2) is 0 Å². The number of aliphatic hydroxyl groups excluding tert-OH is 6. The molecule has 2 fully saturated rings. The van der Waals surface area contributed by atoms with Crippen molar-refractivity contribution in [2.75, 3.05) is 38.8 Å². The average molecular weight is 530 g/mol. The number of carbonyl (C=O) groups excluding carboxylic acids is 1. The molecule has 0 aromatic heterocycles. The molecule has 0 bridgehead atoms. The van der Waals surface area contributed by atoms with E-state index >= 15 is 0 Å². The number of hydrogen-bond donors (Lipinski definition) is 8. The summed E-state index contributed by atoms with van der Waals surface area (Å²) in [5, 5.41) is 62.8. The van der Waals surface area contributed by atoms with Gasteiger partial charge in [0.15, 0.2) is 12.6 Å². The minimum Gasteiger partial charge on any atom is -0.394 e. The van der Waals surface area contributed by atoms with Crippen LogP contribution in [0.25, 0.3) is 0 Å². The fourth-order valence-corrected chi connectivity index (χ4v) is 4.14. The first-order chi connectivity index (χ1) is 16.7. The van der Waals surface area contributed by atoms with Crippen LogP contribution in [0.4, 0.5) is 0 Å². The van der Waals surface area contributed by atoms with Crippen LogP contribution in [0.2, 0.25) is 0 Å². The van der Waals surface area contributed by atoms with Crippen molar-refractivity contribution in [3.05, 3.63) is 0 Å². The molecule has 10 atom stereocenters. The Morgan fingerprint density at radius 2 is 1.51 bits per heavy atom. The number of amides is 1. The molecule has 2 saturated heterocycles. The predicted octanol–water partition coefficient (Wildman–Crippen LogP) is -3.11. The Balaban J connectivity index is 2.08. The lowest BCUT2D eigenvalue weighted by molar-refractivity contribution is -0.345. The molecule has 13 nitrogen and oxygen atoms in total. The van der Waals surface area contributed by atoms with Crippen LogP contribution in [-0.2, 0) is 28.5 Å². The molecule has 2 aliphatic heterocycles. The topological polar surface area (TPSA) is 197 Å². The fraction of sp³-hybridized carbons (Fsp3) is 0.952. The SMILES string of the molecule is CC(=O)NC1C(OCCOCCCCCS)OC(CO)C(O)C1OC1OC(CO)C(O)C(O)C1O. The van der Waals surface area contributed by atoms with Crippen LogP contribution in [-0.4, -0.2) is 137 Å². The molecule has 7 N–H and O–H groups in total. The highest BCUT2D eigenvalue weighted by Gasteiger charge is 2.51. The third-order valence-electron chi connectivity index (χ3n) is 5.82. The molecule has 10 unspecified atom stereocenters. The third kappa shape index (κ3) is 8.72. The van der Waals surface area contributed by atoms with Crippen LogP contribution in [0.3, 0.4) is 0 Å². The van der Waals surface area contributed by atoms with Crippen molar-refractivity contribution in [2.24, 2.45) is 0 Å². The van der Waals surface area contributed by atoms with Gasteiger partial charge in [-0.2, -0.15) is 12.6 Å². The number of rotatable bonds is 14. The molecule has 206 valence electrons. The van der Waals surface area contributed by atoms with E-state index in [9.17, 15) is 35.4 Å². The van der Waals surface area contributed by atoms with Crippen molar-refractivity contribution in [1.82, 2.24) is 5.32 Å². The standard InChI is InChI=1S/C21H39NO12S/c1-11(25)22-14-19(34-21-18(29)17(28)15(26)12(9-23)33-21)16(27)13(10-24)32-20(14)31-7-6-30-5-3-2-4-8-35/h12-21,23-24,26-29,35H,2-10H2,1H3,(H,22,25). The Bertz CT molecular complexity index is 617. The van der Waals surface area contributed by atoms with E-state index in [1.807, 2.05) is 0 Å². The molecule has 0 radical (unpaired) electrons. The molecular weight excluding hydrogens is 490 g/mol. The summed E-state index contributed by atoms with van der Waals surface area (Å²) in [6.07, 6.45) is -10.1. The van der Waals surface area contributed by atoms with E-state index in [0.29, 0.717) is 6.61 Å². The van der Waals surface area contributed by atoms with Gasteiger partial charge in [0.2, 0.25) is 5.91 Å². The van der Waals surface area contributed by atoms with Crippen LogP contribution in [0.1, 0.15) is 26.2 Å². The molecule has 0 aliphatic carbocycles. The van der Waals surface area contributed by atoms with Gasteiger partial charge in [-0.15, -0.1) is 0 Å². The highest BCUT2D eigenvalue weighted by Crippen LogP contribution is 2.29. The molecule has 14 heteroatoms. The fourth-order valence-electron chi connectivity index (χ4n) is 3.91. The van der Waals surface area contributed by atoms with Gasteiger partial charge in [-0.3, -0.25) is 4.79 Å². The Kier molecular flexibility index (Phi) is 13.6. The number of hydrogen-bond acceptors (Lipinski definition) is 13. The van der Waals surface area contributed by atoms with Gasteiger partial charge in [-0.1, -0.05) is 6.42 Å². The van der Waals surface area contributed by atoms with Crippen molar-refractivity contribution in [1.29, 1.82) is 0 Å². The summed E-state index contributed by atoms with van der Waals surface area (Å²) >= 11 is 4.16. The molecule has 2 rings (SSSR count). The second-order valence-corrected chi connectivity index (χ2v) is 8.96. The van der Waals surface area contributed by atoms with Gasteiger partial charge in [0.05, 0.1) is 26.4 Å². The minimum absolute atomic E-state index is 0.0777. The molecule has 1 amide bonds. The summed E-state index contributed by atoms with van der Waals surface area (Å²) < 4.78 is 28.0. The van der Waals surface area contributed by atoms with Gasteiger partial charge in [0.1, 0.15) is 48.8 Å². The van der Waals surface area contributed by atoms with Gasteiger partial charge in [0, 0.05) is 13.5 Å². The Labute approximate surface area is 209 Å². The summed E-state index contributed by atoms with van der Waals surface area (Å²) in [4.78, 5) is 11.9. The van der Waals surface area contributed by atoms with E-state index in [0.717, 1.165) is 25.0 Å². The van der Waals surface area contributed by atoms with Crippen molar-refractivity contribution in [3.63, 3.8) is 0 Å². The molecule has 0 aromatic rings. The zero-order chi connectivity index (χ0) is 26.0. The first kappa shape index (κ1) is 30.6. The molecule has 2 aliphatic rings. The van der Waals surface area contributed by atoms with Crippen LogP contribution >= 0.6 is 12.6 Å². The molecule has 0 aromatic carbocycles. The number of unbranched alkanes of at least 4 members (excludes halogenated alkanes) is 2. The first-order valence-corrected chi connectivity index (χ1v) is 12.4. The van der Waals surface area contributed by atoms with Crippen molar-refractivity contribution < 1.29 is 59.1 Å². The summed E-state index contributed by atoms with van der Waals surface area (Å²) in [5.41, 5.74) is 0. The number of ether oxygens (including phenoxy) is 5. The Morgan fingerprint density at radius 3 is 2.14 bits per heavy atom. The van der Waals surface area contributed by atoms with E-state index in [1.54, 1.807) is 0 Å². The lowest BCUT2D eigenvalue weighted by Crippen LogP contribution is -2.68. The minimum atomic E-state index is -1.73. The highest BCUT2D eigenvalue weighted by molar-refractivity contribution is 7.80. The second kappa shape index (κ2) is 15.6. The third-order valence-corrected chi connectivity index (χ3v) is 6.14. The summed E-state index contributed by atoms with van der Waals surface area (Å²) in [7, 11) is 0. The molecule has 35 heavy (non-hydrogen) atoms. The Morgan fingerprint density at radius 1 is 0.857 bits per heavy atom. The van der Waals surface area contributed by atoms with Crippen LogP contribution in [0.15, 0.2) is 0 Å². The van der Waals surface area contributed by atoms with Crippen LogP contribution in [0, 0.1) is 0 Å². The number of thiol groups is 1. The zero-order valence-corrected chi connectivity index (χ0v) is 20.6. The lowest BCUT2D eigenvalue weighted by Gasteiger charge is -2.47. The average Bonchev–Trinajstić information content (AvgIpc) is 2.83. The second-order valence-electron chi connectivity index (χ2n) is 8.51. The zero-order valence-electron chi connectivity index (χ0n) is 19.7. The van der Waals surface area contributed by atoms with E-state index in [2.05, 4.69) is 17.9 Å². The number of aliphatic hydroxyl groups is 6. The van der Waals surface area contributed by atoms with E-state index in [1.165, 1.54) is 6.92 Å². The molecular formula is C21H39NO12S. The van der Waals surface area contributed by atoms with E-state index < -0.39 is 80.5 Å². The lowest BCUT2D eigenvalue weighted by atomic mass is 9.95. The van der Waals surface area contributed by atoms with Crippen molar-refractivity contribution >= 4 is 18.5 Å². The van der Waals surface area contributed by atoms with Crippen molar-refractivity contribution in [3.8, 4) is 0 Å². The predicted molar refractivity (Wildman–Crippen MR) is 122 cm³/mol. The Hall–Kier alpha value is -0.620. The maximum atomic E-state index is 11.9. The maximum Gasteiger partial charge on any atom is 0.217 e. The summed E-state index contributed by atoms with van der Waals surface area (Å²) in [6, 6.07) is -1.10. The molecule has 0 saturated carbocycles. The smallest absolute Gasteiger partial charge is 0.217 e. The maximum absolute atomic E-state index is 11.9. The highest BCUT2D eigenvalue weighted by atomic mass is 32.1. The van der Waals surface area contributed by atoms with E-state index in [4.69, 9.17) is 23.7 Å². The van der Waals surface area contributed by atoms with Gasteiger partial charge < -0.3 is 59.6 Å². The number of nitrogens with one attached hydrogen (secondary N) is 1. The molecule has 2 heterocycles. The largest absolute Gasteiger partial charge is 0.394 e. The van der Waals surface area contributed by atoms with Crippen molar-refractivity contribution in [2.45, 2.75) is 87.5 Å². The normalized spacial score (nSPS) is 37.8. The van der Waals surface area contributed by atoms with E-state index in [-0.39, 0.29) is 13.2 Å². The van der Waals surface area contributed by atoms with Crippen LogP contribution < -0.4 is 5.32 Å². The van der Waals surface area contributed by atoms with Gasteiger partial charge >= 0.3 is 0 Å². The summed E-state index contributed by atoms with van der Waals surface area (Å²) in [6.45, 7) is 0.811. The summed E-state index contributed by atoms with van der Waals surface area (Å²) in [5.74, 6) is 0.321. The van der Waals surface area contributed by atoms with Crippen LogP contribution in [0.5, 0.6) is 0 Å². The van der Waals surface area contributed by atoms with Gasteiger partial charge in [0.25, 0.3) is 0 Å². The quantitative estimate of drug-likeness (QED) is 0.0834. The number of carbonyl (C=O) groups is 1. The van der Waals surface area contributed by atoms with Gasteiger partial charge in [-0.05, 0) is 18.6 Å². The first-order valence-electron chi connectivity index (χ1n) is 11.7.